The molecule has 27 heavy (non-hydrogen) atoms. The summed E-state index contributed by atoms with van der Waals surface area (Å²) < 4.78 is 5.62. The molecule has 0 unspecified atom stereocenters. The number of hydrogen-bond acceptors (Lipinski definition) is 3. The van der Waals surface area contributed by atoms with Crippen molar-refractivity contribution in [2.45, 2.75) is 13.3 Å². The van der Waals surface area contributed by atoms with Crippen LogP contribution in [0.25, 0.3) is 10.8 Å². The summed E-state index contributed by atoms with van der Waals surface area (Å²) in [6, 6.07) is 19.4. The van der Waals surface area contributed by atoms with Crippen molar-refractivity contribution >= 4 is 34.0 Å². The first kappa shape index (κ1) is 17.1. The number of amides is 2. The van der Waals surface area contributed by atoms with Crippen molar-refractivity contribution in [2.24, 2.45) is 0 Å². The van der Waals surface area contributed by atoms with Gasteiger partial charge in [-0.2, -0.15) is 0 Å². The van der Waals surface area contributed by atoms with Crippen LogP contribution in [0, 0.1) is 0 Å². The summed E-state index contributed by atoms with van der Waals surface area (Å²) in [5.41, 5.74) is 2.65. The lowest BCUT2D eigenvalue weighted by Crippen LogP contribution is -2.26. The quantitative estimate of drug-likeness (QED) is 0.771. The minimum Gasteiger partial charge on any atom is -0.484 e. The lowest BCUT2D eigenvalue weighted by Gasteiger charge is -2.16. The molecular weight excluding hydrogens is 340 g/mol. The highest BCUT2D eigenvalue weighted by atomic mass is 16.5. The van der Waals surface area contributed by atoms with Gasteiger partial charge in [0.2, 0.25) is 5.91 Å². The smallest absolute Gasteiger partial charge is 0.262 e. The maximum atomic E-state index is 12.2. The summed E-state index contributed by atoms with van der Waals surface area (Å²) in [6.07, 6.45) is 0.841. The first-order valence-electron chi connectivity index (χ1n) is 8.93. The summed E-state index contributed by atoms with van der Waals surface area (Å²) in [6.45, 7) is 2.16. The molecule has 0 aromatic heterocycles. The van der Waals surface area contributed by atoms with Crippen LogP contribution in [0.4, 0.5) is 11.4 Å². The van der Waals surface area contributed by atoms with E-state index < -0.39 is 0 Å². The van der Waals surface area contributed by atoms with Crippen LogP contribution in [0.15, 0.2) is 60.7 Å². The van der Waals surface area contributed by atoms with Crippen LogP contribution >= 0.6 is 0 Å². The maximum Gasteiger partial charge on any atom is 0.262 e. The van der Waals surface area contributed by atoms with E-state index in [9.17, 15) is 9.59 Å². The molecule has 0 fully saturated rings. The van der Waals surface area contributed by atoms with Gasteiger partial charge in [0.05, 0.1) is 0 Å². The van der Waals surface area contributed by atoms with Crippen LogP contribution < -0.4 is 15.0 Å². The Morgan fingerprint density at radius 1 is 1.04 bits per heavy atom. The monoisotopic (exact) mass is 360 g/mol. The van der Waals surface area contributed by atoms with E-state index in [1.54, 1.807) is 11.8 Å². The molecule has 0 aliphatic carbocycles. The van der Waals surface area contributed by atoms with Gasteiger partial charge in [0.1, 0.15) is 5.75 Å². The minimum absolute atomic E-state index is 0.0110. The van der Waals surface area contributed by atoms with Crippen LogP contribution in [-0.2, 0) is 16.0 Å². The van der Waals surface area contributed by atoms with E-state index in [0.29, 0.717) is 18.0 Å². The van der Waals surface area contributed by atoms with Gasteiger partial charge in [-0.1, -0.05) is 36.4 Å². The number of anilines is 2. The van der Waals surface area contributed by atoms with Crippen molar-refractivity contribution in [3.05, 3.63) is 66.2 Å². The molecule has 0 radical (unpaired) electrons. The van der Waals surface area contributed by atoms with Crippen molar-refractivity contribution in [3.63, 3.8) is 0 Å². The SMILES string of the molecule is CC(=O)N1CCc2ccc(NC(=O)COc3ccc4ccccc4c3)cc21. The minimum atomic E-state index is -0.240. The maximum absolute atomic E-state index is 12.2. The zero-order chi connectivity index (χ0) is 18.8. The molecule has 0 spiro atoms. The average molecular weight is 360 g/mol. The molecule has 1 aliphatic rings. The van der Waals surface area contributed by atoms with Crippen LogP contribution in [-0.4, -0.2) is 25.0 Å². The standard InChI is InChI=1S/C22H20N2O3/c1-15(25)24-11-10-17-6-8-19(13-21(17)24)23-22(26)14-27-20-9-7-16-4-2-3-5-18(16)12-20/h2-9,12-13H,10-11,14H2,1H3,(H,23,26). The van der Waals surface area contributed by atoms with Gasteiger partial charge in [0.15, 0.2) is 6.61 Å². The number of rotatable bonds is 4. The topological polar surface area (TPSA) is 58.6 Å². The lowest BCUT2D eigenvalue weighted by atomic mass is 10.1. The molecule has 0 atom stereocenters. The second kappa shape index (κ2) is 7.11. The molecular formula is C22H20N2O3. The second-order valence-corrected chi connectivity index (χ2v) is 6.61. The third-order valence-electron chi connectivity index (χ3n) is 4.74. The summed E-state index contributed by atoms with van der Waals surface area (Å²) in [5, 5.41) is 5.03. The highest BCUT2D eigenvalue weighted by Crippen LogP contribution is 2.31. The van der Waals surface area contributed by atoms with Crippen molar-refractivity contribution in [3.8, 4) is 5.75 Å². The van der Waals surface area contributed by atoms with E-state index >= 15 is 0 Å². The first-order valence-corrected chi connectivity index (χ1v) is 8.93. The third-order valence-corrected chi connectivity index (χ3v) is 4.74. The Morgan fingerprint density at radius 2 is 1.85 bits per heavy atom. The van der Waals surface area contributed by atoms with Crippen LogP contribution in [0.3, 0.4) is 0 Å². The third kappa shape index (κ3) is 3.62. The molecule has 1 aliphatic heterocycles. The number of fused-ring (bicyclic) bond motifs is 2. The van der Waals surface area contributed by atoms with Gasteiger partial charge in [-0.25, -0.2) is 0 Å². The highest BCUT2D eigenvalue weighted by Gasteiger charge is 2.22. The summed E-state index contributed by atoms with van der Waals surface area (Å²) in [4.78, 5) is 25.7. The fraction of sp³-hybridized carbons (Fsp3) is 0.182. The summed E-state index contributed by atoms with van der Waals surface area (Å²) >= 11 is 0. The highest BCUT2D eigenvalue weighted by molar-refractivity contribution is 5.96. The molecule has 1 N–H and O–H groups in total. The van der Waals surface area contributed by atoms with E-state index in [-0.39, 0.29) is 18.4 Å². The Kier molecular flexibility index (Phi) is 4.50. The van der Waals surface area contributed by atoms with Gasteiger partial charge in [0, 0.05) is 24.8 Å². The van der Waals surface area contributed by atoms with Crippen LogP contribution in [0.5, 0.6) is 5.75 Å². The molecule has 4 rings (SSSR count). The molecule has 0 bridgehead atoms. The van der Waals surface area contributed by atoms with Gasteiger partial charge < -0.3 is 15.0 Å². The molecule has 5 nitrogen and oxygen atoms in total. The van der Waals surface area contributed by atoms with Gasteiger partial charge in [-0.15, -0.1) is 0 Å². The Hall–Kier alpha value is -3.34. The van der Waals surface area contributed by atoms with E-state index in [2.05, 4.69) is 5.32 Å². The Morgan fingerprint density at radius 3 is 2.67 bits per heavy atom. The van der Waals surface area contributed by atoms with E-state index in [0.717, 1.165) is 28.4 Å². The molecule has 1 heterocycles. The molecule has 136 valence electrons. The Labute approximate surface area is 157 Å². The van der Waals surface area contributed by atoms with Gasteiger partial charge in [-0.05, 0) is 47.0 Å². The number of nitrogens with zero attached hydrogens (tertiary/aromatic N) is 1. The van der Waals surface area contributed by atoms with Crippen molar-refractivity contribution in [2.75, 3.05) is 23.4 Å². The number of ether oxygens (including phenoxy) is 1. The summed E-state index contributed by atoms with van der Waals surface area (Å²) in [5.74, 6) is 0.424. The predicted octanol–water partition coefficient (Wildman–Crippen LogP) is 3.77. The number of hydrogen-bond donors (Lipinski definition) is 1. The number of benzene rings is 3. The number of nitrogens with one attached hydrogen (secondary N) is 1. The first-order chi connectivity index (χ1) is 13.1. The van der Waals surface area contributed by atoms with Gasteiger partial charge in [-0.3, -0.25) is 9.59 Å². The van der Waals surface area contributed by atoms with E-state index in [4.69, 9.17) is 4.74 Å². The van der Waals surface area contributed by atoms with E-state index in [1.807, 2.05) is 60.7 Å². The number of carbonyl (C=O) groups excluding carboxylic acids is 2. The van der Waals surface area contributed by atoms with Crippen LogP contribution in [0.1, 0.15) is 12.5 Å². The van der Waals surface area contributed by atoms with Crippen LogP contribution in [0.2, 0.25) is 0 Å². The molecule has 3 aromatic rings. The Balaban J connectivity index is 1.41. The molecule has 0 saturated carbocycles. The largest absolute Gasteiger partial charge is 0.484 e. The molecule has 2 amide bonds. The lowest BCUT2D eigenvalue weighted by molar-refractivity contribution is -0.118. The predicted molar refractivity (Wildman–Crippen MR) is 106 cm³/mol. The zero-order valence-corrected chi connectivity index (χ0v) is 15.1. The normalized spacial score (nSPS) is 12.7. The van der Waals surface area contributed by atoms with E-state index in [1.165, 1.54) is 0 Å². The fourth-order valence-corrected chi connectivity index (χ4v) is 3.39. The second-order valence-electron chi connectivity index (χ2n) is 6.61. The number of carbonyl (C=O) groups is 2. The van der Waals surface area contributed by atoms with Gasteiger partial charge in [0.25, 0.3) is 5.91 Å². The molecule has 5 heteroatoms. The Bertz CT molecular complexity index is 1030. The molecule has 3 aromatic carbocycles. The zero-order valence-electron chi connectivity index (χ0n) is 15.1. The summed E-state index contributed by atoms with van der Waals surface area (Å²) in [7, 11) is 0. The molecule has 0 saturated heterocycles. The fourth-order valence-electron chi connectivity index (χ4n) is 3.39. The van der Waals surface area contributed by atoms with Gasteiger partial charge >= 0.3 is 0 Å². The van der Waals surface area contributed by atoms with Crippen molar-refractivity contribution in [1.29, 1.82) is 0 Å². The van der Waals surface area contributed by atoms with Crippen molar-refractivity contribution < 1.29 is 14.3 Å². The average Bonchev–Trinajstić information content (AvgIpc) is 3.10. The van der Waals surface area contributed by atoms with Crippen molar-refractivity contribution in [1.82, 2.24) is 0 Å².